The van der Waals surface area contributed by atoms with Gasteiger partial charge in [-0.2, -0.15) is 0 Å². The molecule has 2 aromatic carbocycles. The van der Waals surface area contributed by atoms with Gasteiger partial charge in [-0.05, 0) is 42.3 Å². The molecule has 0 fully saturated rings. The van der Waals surface area contributed by atoms with E-state index in [-0.39, 0.29) is 23.4 Å². The number of nitrogens with zero attached hydrogens (tertiary/aromatic N) is 1. The number of aromatic amines is 1. The Bertz CT molecular complexity index is 1210. The molecule has 1 heterocycles. The number of carbonyl (C=O) groups is 1. The van der Waals surface area contributed by atoms with Crippen molar-refractivity contribution in [1.82, 2.24) is 15.3 Å². The minimum atomic E-state index is -0.515. The minimum Gasteiger partial charge on any atom is -0.491 e. The minimum absolute atomic E-state index is 0.0650. The van der Waals surface area contributed by atoms with Crippen LogP contribution in [0.25, 0.3) is 22.6 Å². The lowest BCUT2D eigenvalue weighted by Crippen LogP contribution is -2.27. The van der Waals surface area contributed by atoms with E-state index < -0.39 is 11.4 Å². The highest BCUT2D eigenvalue weighted by molar-refractivity contribution is 6.33. The average molecular weight is 486 g/mol. The summed E-state index contributed by atoms with van der Waals surface area (Å²) < 4.78 is 20.1. The third-order valence-corrected chi connectivity index (χ3v) is 5.58. The number of hydrogen-bond donors (Lipinski definition) is 2. The van der Waals surface area contributed by atoms with Crippen LogP contribution in [0.1, 0.15) is 45.6 Å². The Morgan fingerprint density at radius 1 is 1.18 bits per heavy atom. The maximum atomic E-state index is 14.6. The van der Waals surface area contributed by atoms with Crippen LogP contribution >= 0.6 is 11.6 Å². The van der Waals surface area contributed by atoms with Crippen molar-refractivity contribution in [2.45, 2.75) is 46.6 Å². The molecule has 180 valence electrons. The molecule has 0 aliphatic heterocycles. The van der Waals surface area contributed by atoms with E-state index in [9.17, 15) is 14.0 Å². The number of halogens is 2. The van der Waals surface area contributed by atoms with E-state index >= 15 is 0 Å². The van der Waals surface area contributed by atoms with E-state index in [0.717, 1.165) is 24.8 Å². The Hall–Kier alpha value is -3.19. The molecule has 0 unspecified atom stereocenters. The van der Waals surface area contributed by atoms with E-state index in [1.165, 1.54) is 12.1 Å². The van der Waals surface area contributed by atoms with Crippen molar-refractivity contribution in [3.8, 4) is 28.4 Å². The molecule has 0 radical (unpaired) electrons. The van der Waals surface area contributed by atoms with E-state index in [1.807, 2.05) is 13.8 Å². The lowest BCUT2D eigenvalue weighted by atomic mass is 10.1. The summed E-state index contributed by atoms with van der Waals surface area (Å²) in [6.45, 7) is 6.49. The first-order valence-electron chi connectivity index (χ1n) is 11.4. The molecular weight excluding hydrogens is 457 g/mol. The summed E-state index contributed by atoms with van der Waals surface area (Å²) in [6.07, 6.45) is 2.94. The second kappa shape index (κ2) is 11.8. The molecule has 3 aromatic rings. The molecule has 1 aromatic heterocycles. The van der Waals surface area contributed by atoms with Gasteiger partial charge in [0.05, 0.1) is 17.3 Å². The molecule has 0 saturated carbocycles. The SMILES string of the molecule is CCCCCOc1ccc(-c2cc(=O)[nH]c(-c3cc(CNC(=O)C(C)C)ccc3Cl)n2)cc1F. The number of benzene rings is 2. The zero-order valence-electron chi connectivity index (χ0n) is 19.6. The van der Waals surface area contributed by atoms with Crippen molar-refractivity contribution in [2.24, 2.45) is 5.92 Å². The largest absolute Gasteiger partial charge is 0.491 e. The van der Waals surface area contributed by atoms with Gasteiger partial charge in [-0.15, -0.1) is 0 Å². The summed E-state index contributed by atoms with van der Waals surface area (Å²) in [5, 5.41) is 3.24. The summed E-state index contributed by atoms with van der Waals surface area (Å²) in [5.41, 5.74) is 1.67. The van der Waals surface area contributed by atoms with Crippen molar-refractivity contribution in [3.63, 3.8) is 0 Å². The Balaban J connectivity index is 1.87. The van der Waals surface area contributed by atoms with Crippen molar-refractivity contribution in [2.75, 3.05) is 6.61 Å². The van der Waals surface area contributed by atoms with E-state index in [4.69, 9.17) is 16.3 Å². The predicted molar refractivity (Wildman–Crippen MR) is 132 cm³/mol. The smallest absolute Gasteiger partial charge is 0.251 e. The van der Waals surface area contributed by atoms with Crippen LogP contribution in [0.3, 0.4) is 0 Å². The molecule has 0 bridgehead atoms. The summed E-state index contributed by atoms with van der Waals surface area (Å²) >= 11 is 6.39. The number of rotatable bonds is 10. The highest BCUT2D eigenvalue weighted by Crippen LogP contribution is 2.29. The van der Waals surface area contributed by atoms with E-state index in [1.54, 1.807) is 30.3 Å². The van der Waals surface area contributed by atoms with Gasteiger partial charge in [-0.3, -0.25) is 9.59 Å². The quantitative estimate of drug-likeness (QED) is 0.359. The first-order valence-corrected chi connectivity index (χ1v) is 11.8. The molecule has 0 atom stereocenters. The Morgan fingerprint density at radius 2 is 1.97 bits per heavy atom. The molecule has 0 saturated heterocycles. The number of carbonyl (C=O) groups excluding carboxylic acids is 1. The standard InChI is InChI=1S/C26H29ClFN3O3/c1-4-5-6-11-34-23-10-8-18(13-21(23)28)22-14-24(32)31-25(30-22)19-12-17(7-9-20(19)27)15-29-26(33)16(2)3/h7-10,12-14,16H,4-6,11,15H2,1-3H3,(H,29,33)(H,30,31,32). The van der Waals surface area contributed by atoms with E-state index in [0.29, 0.717) is 35.0 Å². The molecule has 3 rings (SSSR count). The van der Waals surface area contributed by atoms with Gasteiger partial charge >= 0.3 is 0 Å². The van der Waals surface area contributed by atoms with Gasteiger partial charge in [0, 0.05) is 29.7 Å². The number of aromatic nitrogens is 2. The highest BCUT2D eigenvalue weighted by Gasteiger charge is 2.13. The normalized spacial score (nSPS) is 11.0. The predicted octanol–water partition coefficient (Wildman–Crippen LogP) is 5.74. The van der Waals surface area contributed by atoms with Crippen LogP contribution in [0.5, 0.6) is 5.75 Å². The third-order valence-electron chi connectivity index (χ3n) is 5.25. The topological polar surface area (TPSA) is 84.1 Å². The fourth-order valence-corrected chi connectivity index (χ4v) is 3.51. The van der Waals surface area contributed by atoms with Gasteiger partial charge in [-0.1, -0.05) is 51.3 Å². The molecule has 1 amide bonds. The Kier molecular flexibility index (Phi) is 8.82. The lowest BCUT2D eigenvalue weighted by Gasteiger charge is -2.11. The van der Waals surface area contributed by atoms with Gasteiger partial charge in [0.15, 0.2) is 11.6 Å². The van der Waals surface area contributed by atoms with Crippen LogP contribution in [0, 0.1) is 11.7 Å². The van der Waals surface area contributed by atoms with Gasteiger partial charge in [-0.25, -0.2) is 9.37 Å². The molecule has 0 aliphatic carbocycles. The number of hydrogen-bond acceptors (Lipinski definition) is 4. The number of ether oxygens (including phenoxy) is 1. The zero-order chi connectivity index (χ0) is 24.7. The molecule has 0 spiro atoms. The second-order valence-corrected chi connectivity index (χ2v) is 8.77. The number of unbranched alkanes of at least 4 members (excludes halogenated alkanes) is 2. The summed E-state index contributed by atoms with van der Waals surface area (Å²) in [7, 11) is 0. The van der Waals surface area contributed by atoms with Crippen LogP contribution in [-0.2, 0) is 11.3 Å². The lowest BCUT2D eigenvalue weighted by molar-refractivity contribution is -0.124. The molecule has 34 heavy (non-hydrogen) atoms. The Labute approximate surface area is 203 Å². The van der Waals surface area contributed by atoms with Gasteiger partial charge in [0.2, 0.25) is 5.91 Å². The van der Waals surface area contributed by atoms with Crippen LogP contribution in [0.15, 0.2) is 47.3 Å². The molecule has 2 N–H and O–H groups in total. The fraction of sp³-hybridized carbons (Fsp3) is 0.346. The van der Waals surface area contributed by atoms with Crippen LogP contribution < -0.4 is 15.6 Å². The van der Waals surface area contributed by atoms with Gasteiger partial charge in [0.1, 0.15) is 5.82 Å². The average Bonchev–Trinajstić information content (AvgIpc) is 2.81. The summed E-state index contributed by atoms with van der Waals surface area (Å²) in [5.74, 6) is -0.285. The van der Waals surface area contributed by atoms with Crippen molar-refractivity contribution in [1.29, 1.82) is 0 Å². The third kappa shape index (κ3) is 6.67. The van der Waals surface area contributed by atoms with Crippen LogP contribution in [-0.4, -0.2) is 22.5 Å². The maximum absolute atomic E-state index is 14.6. The number of H-pyrrole nitrogens is 1. The van der Waals surface area contributed by atoms with Crippen LogP contribution in [0.4, 0.5) is 4.39 Å². The monoisotopic (exact) mass is 485 g/mol. The highest BCUT2D eigenvalue weighted by atomic mass is 35.5. The number of amides is 1. The van der Waals surface area contributed by atoms with Gasteiger partial charge < -0.3 is 15.0 Å². The summed E-state index contributed by atoms with van der Waals surface area (Å²) in [4.78, 5) is 31.5. The fourth-order valence-electron chi connectivity index (χ4n) is 3.30. The first kappa shape index (κ1) is 25.4. The van der Waals surface area contributed by atoms with Crippen molar-refractivity contribution >= 4 is 17.5 Å². The van der Waals surface area contributed by atoms with Gasteiger partial charge in [0.25, 0.3) is 5.56 Å². The molecule has 6 nitrogen and oxygen atoms in total. The molecule has 0 aliphatic rings. The van der Waals surface area contributed by atoms with Crippen molar-refractivity contribution in [3.05, 3.63) is 69.2 Å². The van der Waals surface area contributed by atoms with E-state index in [2.05, 4.69) is 22.2 Å². The zero-order valence-corrected chi connectivity index (χ0v) is 20.3. The van der Waals surface area contributed by atoms with Crippen molar-refractivity contribution < 1.29 is 13.9 Å². The Morgan fingerprint density at radius 3 is 2.68 bits per heavy atom. The number of nitrogens with one attached hydrogen (secondary N) is 2. The molecule has 8 heteroatoms. The first-order chi connectivity index (χ1) is 16.3. The maximum Gasteiger partial charge on any atom is 0.251 e. The summed E-state index contributed by atoms with van der Waals surface area (Å²) in [6, 6.07) is 11.1. The molecular formula is C26H29ClFN3O3. The van der Waals surface area contributed by atoms with Crippen LogP contribution in [0.2, 0.25) is 5.02 Å². The second-order valence-electron chi connectivity index (χ2n) is 8.37.